The summed E-state index contributed by atoms with van der Waals surface area (Å²) in [5.41, 5.74) is 10.5. The highest BCUT2D eigenvalue weighted by molar-refractivity contribution is 7.80. The van der Waals surface area contributed by atoms with E-state index in [4.69, 9.17) is 23.7 Å². The van der Waals surface area contributed by atoms with Gasteiger partial charge in [0.1, 0.15) is 0 Å². The molecule has 1 fully saturated rings. The van der Waals surface area contributed by atoms with Gasteiger partial charge in [-0.2, -0.15) is 0 Å². The number of hydrogen-bond acceptors (Lipinski definition) is 3. The van der Waals surface area contributed by atoms with Gasteiger partial charge in [0, 0.05) is 19.0 Å². The number of likely N-dealkylation sites (tertiary alicyclic amines) is 1. The van der Waals surface area contributed by atoms with Crippen molar-refractivity contribution in [1.82, 2.24) is 4.90 Å². The molecule has 120 valence electrons. The number of carbonyl (C=O) groups excluding carboxylic acids is 2. The Morgan fingerprint density at radius 3 is 1.95 bits per heavy atom. The van der Waals surface area contributed by atoms with E-state index in [0.717, 1.165) is 12.8 Å². The maximum atomic E-state index is 13.0. The molecule has 1 heterocycles. The molecule has 0 atom stereocenters. The van der Waals surface area contributed by atoms with Crippen molar-refractivity contribution >= 4 is 29.0 Å². The Kier molecular flexibility index (Phi) is 6.58. The summed E-state index contributed by atoms with van der Waals surface area (Å²) >= 11 is 5.23. The molecule has 5 nitrogen and oxygen atoms in total. The van der Waals surface area contributed by atoms with Crippen LogP contribution in [-0.2, 0) is 9.59 Å². The standard InChI is InChI=1S/C15H27N3O2S/c1-3-7-15(8-4-2,13(17)21)14(20)18-9-5-11(6-10-18)12(16)19/h11H,3-10H2,1-2H3,(H2,16,19)(H2,17,21). The fourth-order valence-electron chi connectivity index (χ4n) is 3.21. The number of nitrogens with zero attached hydrogens (tertiary/aromatic N) is 1. The summed E-state index contributed by atoms with van der Waals surface area (Å²) in [7, 11) is 0. The third kappa shape index (κ3) is 3.93. The molecule has 2 amide bonds. The summed E-state index contributed by atoms with van der Waals surface area (Å²) in [6.07, 6.45) is 4.36. The van der Waals surface area contributed by atoms with E-state index in [1.54, 1.807) is 0 Å². The van der Waals surface area contributed by atoms with E-state index in [1.807, 2.05) is 18.7 Å². The lowest BCUT2D eigenvalue weighted by Gasteiger charge is -2.39. The fraction of sp³-hybridized carbons (Fsp3) is 0.800. The number of nitrogens with two attached hydrogens (primary N) is 2. The van der Waals surface area contributed by atoms with Gasteiger partial charge in [0.25, 0.3) is 0 Å². The van der Waals surface area contributed by atoms with Gasteiger partial charge in [0.05, 0.1) is 10.4 Å². The van der Waals surface area contributed by atoms with Crippen LogP contribution in [0.4, 0.5) is 0 Å². The molecule has 4 N–H and O–H groups in total. The number of rotatable bonds is 7. The van der Waals surface area contributed by atoms with Crippen molar-refractivity contribution in [3.05, 3.63) is 0 Å². The van der Waals surface area contributed by atoms with Crippen LogP contribution in [0.5, 0.6) is 0 Å². The molecular weight excluding hydrogens is 286 g/mol. The number of piperidine rings is 1. The van der Waals surface area contributed by atoms with Crippen LogP contribution in [0.3, 0.4) is 0 Å². The van der Waals surface area contributed by atoms with Gasteiger partial charge in [-0.25, -0.2) is 0 Å². The molecular formula is C15H27N3O2S. The molecule has 1 saturated heterocycles. The lowest BCUT2D eigenvalue weighted by molar-refractivity contribution is -0.141. The molecule has 21 heavy (non-hydrogen) atoms. The average Bonchev–Trinajstić information content (AvgIpc) is 2.46. The molecule has 6 heteroatoms. The molecule has 0 saturated carbocycles. The molecule has 0 unspecified atom stereocenters. The van der Waals surface area contributed by atoms with Gasteiger partial charge in [0.2, 0.25) is 11.8 Å². The largest absolute Gasteiger partial charge is 0.392 e. The molecule has 0 spiro atoms. The van der Waals surface area contributed by atoms with E-state index < -0.39 is 5.41 Å². The van der Waals surface area contributed by atoms with Crippen LogP contribution < -0.4 is 11.5 Å². The van der Waals surface area contributed by atoms with Crippen LogP contribution in [-0.4, -0.2) is 34.8 Å². The number of thiocarbonyl (C=S) groups is 1. The summed E-state index contributed by atoms with van der Waals surface area (Å²) < 4.78 is 0. The van der Waals surface area contributed by atoms with E-state index in [-0.39, 0.29) is 17.7 Å². The molecule has 1 aliphatic heterocycles. The van der Waals surface area contributed by atoms with Gasteiger partial charge in [-0.15, -0.1) is 0 Å². The minimum atomic E-state index is -0.724. The van der Waals surface area contributed by atoms with Gasteiger partial charge < -0.3 is 16.4 Å². The van der Waals surface area contributed by atoms with Crippen molar-refractivity contribution < 1.29 is 9.59 Å². The second kappa shape index (κ2) is 7.73. The van der Waals surface area contributed by atoms with E-state index in [0.29, 0.717) is 43.8 Å². The molecule has 1 rings (SSSR count). The molecule has 0 aromatic heterocycles. The Balaban J connectivity index is 2.86. The first kappa shape index (κ1) is 17.9. The first-order valence-electron chi connectivity index (χ1n) is 7.77. The quantitative estimate of drug-likeness (QED) is 0.698. The zero-order chi connectivity index (χ0) is 16.0. The van der Waals surface area contributed by atoms with Gasteiger partial charge >= 0.3 is 0 Å². The zero-order valence-electron chi connectivity index (χ0n) is 13.1. The van der Waals surface area contributed by atoms with Crippen molar-refractivity contribution in [2.24, 2.45) is 22.8 Å². The highest BCUT2D eigenvalue weighted by atomic mass is 32.1. The molecule has 0 bridgehead atoms. The summed E-state index contributed by atoms with van der Waals surface area (Å²) in [5.74, 6) is -0.364. The molecule has 1 aliphatic rings. The number of carbonyl (C=O) groups is 2. The van der Waals surface area contributed by atoms with Crippen LogP contribution in [0.2, 0.25) is 0 Å². The van der Waals surface area contributed by atoms with E-state index >= 15 is 0 Å². The first-order chi connectivity index (χ1) is 9.89. The summed E-state index contributed by atoms with van der Waals surface area (Å²) in [6, 6.07) is 0. The third-order valence-electron chi connectivity index (χ3n) is 4.42. The molecule has 0 radical (unpaired) electrons. The summed E-state index contributed by atoms with van der Waals surface area (Å²) in [6.45, 7) is 5.19. The van der Waals surface area contributed by atoms with Crippen LogP contribution in [0.15, 0.2) is 0 Å². The van der Waals surface area contributed by atoms with Gasteiger partial charge in [-0.1, -0.05) is 38.9 Å². The predicted octanol–water partition coefficient (Wildman–Crippen LogP) is 1.58. The summed E-state index contributed by atoms with van der Waals surface area (Å²) in [4.78, 5) is 26.3. The van der Waals surface area contributed by atoms with Gasteiger partial charge in [-0.3, -0.25) is 9.59 Å². The first-order valence-corrected chi connectivity index (χ1v) is 8.18. The van der Waals surface area contributed by atoms with Crippen molar-refractivity contribution in [3.63, 3.8) is 0 Å². The normalized spacial score (nSPS) is 16.8. The minimum Gasteiger partial charge on any atom is -0.392 e. The highest BCUT2D eigenvalue weighted by Gasteiger charge is 2.43. The average molecular weight is 313 g/mol. The maximum Gasteiger partial charge on any atom is 0.235 e. The maximum absolute atomic E-state index is 13.0. The Morgan fingerprint density at radius 1 is 1.14 bits per heavy atom. The van der Waals surface area contributed by atoms with Crippen molar-refractivity contribution in [3.8, 4) is 0 Å². The van der Waals surface area contributed by atoms with Gasteiger partial charge in [-0.05, 0) is 25.7 Å². The van der Waals surface area contributed by atoms with Crippen LogP contribution in [0.25, 0.3) is 0 Å². The van der Waals surface area contributed by atoms with E-state index in [1.165, 1.54) is 0 Å². The van der Waals surface area contributed by atoms with Crippen molar-refractivity contribution in [2.75, 3.05) is 13.1 Å². The van der Waals surface area contributed by atoms with Crippen LogP contribution >= 0.6 is 12.2 Å². The van der Waals surface area contributed by atoms with E-state index in [9.17, 15) is 9.59 Å². The Labute approximate surface area is 132 Å². The number of primary amides is 1. The van der Waals surface area contributed by atoms with Crippen LogP contribution in [0.1, 0.15) is 52.4 Å². The van der Waals surface area contributed by atoms with E-state index in [2.05, 4.69) is 0 Å². The smallest absolute Gasteiger partial charge is 0.235 e. The lowest BCUT2D eigenvalue weighted by atomic mass is 9.77. The minimum absolute atomic E-state index is 0.0293. The second-order valence-electron chi connectivity index (χ2n) is 5.92. The molecule has 0 aromatic carbocycles. The SMILES string of the molecule is CCCC(CCC)(C(=O)N1CCC(C(N)=O)CC1)C(N)=S. The van der Waals surface area contributed by atoms with Crippen LogP contribution in [0, 0.1) is 11.3 Å². The fourth-order valence-corrected chi connectivity index (χ4v) is 3.51. The van der Waals surface area contributed by atoms with Crippen molar-refractivity contribution in [2.45, 2.75) is 52.4 Å². The Morgan fingerprint density at radius 2 is 1.62 bits per heavy atom. The monoisotopic (exact) mass is 313 g/mol. The number of hydrogen-bond donors (Lipinski definition) is 2. The third-order valence-corrected chi connectivity index (χ3v) is 4.81. The van der Waals surface area contributed by atoms with Crippen molar-refractivity contribution in [1.29, 1.82) is 0 Å². The predicted molar refractivity (Wildman–Crippen MR) is 87.5 cm³/mol. The second-order valence-corrected chi connectivity index (χ2v) is 6.36. The Hall–Kier alpha value is -1.17. The molecule has 0 aromatic rings. The molecule has 0 aliphatic carbocycles. The number of amides is 2. The summed E-state index contributed by atoms with van der Waals surface area (Å²) in [5, 5.41) is 0. The highest BCUT2D eigenvalue weighted by Crippen LogP contribution is 2.34. The van der Waals surface area contributed by atoms with Gasteiger partial charge in [0.15, 0.2) is 0 Å². The lowest BCUT2D eigenvalue weighted by Crippen LogP contribution is -2.53. The zero-order valence-corrected chi connectivity index (χ0v) is 13.9. The Bertz CT molecular complexity index is 398. The topological polar surface area (TPSA) is 89.4 Å².